The second-order valence-corrected chi connectivity index (χ2v) is 6.08. The van der Waals surface area contributed by atoms with Crippen molar-refractivity contribution in [3.8, 4) is 0 Å². The first-order valence-electron chi connectivity index (χ1n) is 8.35. The van der Waals surface area contributed by atoms with Gasteiger partial charge in [0.15, 0.2) is 6.04 Å². The van der Waals surface area contributed by atoms with Gasteiger partial charge in [-0.15, -0.1) is 5.10 Å². The summed E-state index contributed by atoms with van der Waals surface area (Å²) in [6.07, 6.45) is -4.40. The van der Waals surface area contributed by atoms with Crippen LogP contribution in [0.1, 0.15) is 23.0 Å². The third-order valence-corrected chi connectivity index (χ3v) is 4.42. The minimum Gasteiger partial charge on any atom is -0.383 e. The van der Waals surface area contributed by atoms with Crippen molar-refractivity contribution in [3.05, 3.63) is 41.2 Å². The Balaban J connectivity index is 2.00. The number of nitrogens with one attached hydrogen (secondary N) is 1. The van der Waals surface area contributed by atoms with E-state index in [9.17, 15) is 13.2 Å². The minimum atomic E-state index is -4.40. The Kier molecular flexibility index (Phi) is 5.84. The van der Waals surface area contributed by atoms with Gasteiger partial charge in [0, 0.05) is 12.7 Å². The smallest absolute Gasteiger partial charge is 0.383 e. The minimum absolute atomic E-state index is 0.409. The molecule has 1 aromatic heterocycles. The molecular weight excluding hydrogens is 351 g/mol. The quantitative estimate of drug-likeness (QED) is 0.792. The molecule has 26 heavy (non-hydrogen) atoms. The number of benzene rings is 1. The van der Waals surface area contributed by atoms with Crippen molar-refractivity contribution in [2.45, 2.75) is 18.8 Å². The number of rotatable bonds is 6. The standard InChI is InChI=1S/C16H20F3N5O2/c1-25-8-7-24-15(20-21-22-24)14(23-5-9-26-10-6-23)12-3-2-4-13(11-12)16(17,18)19/h2-4,11,14H,5-10H2,1H3/p+1/t14-/m1/s1. The summed E-state index contributed by atoms with van der Waals surface area (Å²) in [5.41, 5.74) is -0.145. The fourth-order valence-electron chi connectivity index (χ4n) is 3.14. The average Bonchev–Trinajstić information content (AvgIpc) is 3.09. The van der Waals surface area contributed by atoms with E-state index in [2.05, 4.69) is 15.5 Å². The molecule has 0 amide bonds. The molecule has 10 heteroatoms. The number of hydrogen-bond acceptors (Lipinski definition) is 5. The highest BCUT2D eigenvalue weighted by Crippen LogP contribution is 2.31. The molecule has 0 aliphatic carbocycles. The van der Waals surface area contributed by atoms with E-state index in [4.69, 9.17) is 9.47 Å². The second-order valence-electron chi connectivity index (χ2n) is 6.08. The van der Waals surface area contributed by atoms with Crippen LogP contribution in [-0.4, -0.2) is 60.2 Å². The topological polar surface area (TPSA) is 66.5 Å². The van der Waals surface area contributed by atoms with E-state index < -0.39 is 17.8 Å². The van der Waals surface area contributed by atoms with Crippen LogP contribution < -0.4 is 4.90 Å². The van der Waals surface area contributed by atoms with E-state index in [1.807, 2.05) is 0 Å². The molecule has 142 valence electrons. The number of quaternary nitrogens is 1. The van der Waals surface area contributed by atoms with Crippen LogP contribution >= 0.6 is 0 Å². The van der Waals surface area contributed by atoms with Crippen LogP contribution in [0, 0.1) is 0 Å². The van der Waals surface area contributed by atoms with Gasteiger partial charge in [-0.3, -0.25) is 0 Å². The monoisotopic (exact) mass is 372 g/mol. The van der Waals surface area contributed by atoms with Crippen molar-refractivity contribution in [1.29, 1.82) is 0 Å². The van der Waals surface area contributed by atoms with Gasteiger partial charge in [-0.2, -0.15) is 13.2 Å². The maximum absolute atomic E-state index is 13.2. The highest BCUT2D eigenvalue weighted by Gasteiger charge is 2.36. The maximum Gasteiger partial charge on any atom is 0.416 e. The lowest BCUT2D eigenvalue weighted by Crippen LogP contribution is -3.14. The lowest BCUT2D eigenvalue weighted by molar-refractivity contribution is -0.933. The largest absolute Gasteiger partial charge is 0.416 e. The van der Waals surface area contributed by atoms with Crippen LogP contribution in [0.2, 0.25) is 0 Å². The van der Waals surface area contributed by atoms with Crippen molar-refractivity contribution in [3.63, 3.8) is 0 Å². The molecule has 2 heterocycles. The summed E-state index contributed by atoms with van der Waals surface area (Å²) in [5, 5.41) is 11.8. The van der Waals surface area contributed by atoms with Gasteiger partial charge in [-0.05, 0) is 22.6 Å². The summed E-state index contributed by atoms with van der Waals surface area (Å²) >= 11 is 0. The Labute approximate surface area is 148 Å². The normalized spacial score (nSPS) is 17.4. The highest BCUT2D eigenvalue weighted by molar-refractivity contribution is 5.29. The number of nitrogens with zero attached hydrogens (tertiary/aromatic N) is 4. The van der Waals surface area contributed by atoms with E-state index in [0.717, 1.165) is 11.0 Å². The Bertz CT molecular complexity index is 716. The molecule has 1 aliphatic heterocycles. The maximum atomic E-state index is 13.2. The van der Waals surface area contributed by atoms with E-state index >= 15 is 0 Å². The molecule has 1 fully saturated rings. The van der Waals surface area contributed by atoms with Crippen LogP contribution in [-0.2, 0) is 22.2 Å². The number of morpholine rings is 1. The predicted molar refractivity (Wildman–Crippen MR) is 84.5 cm³/mol. The number of alkyl halides is 3. The summed E-state index contributed by atoms with van der Waals surface area (Å²) < 4.78 is 51.6. The fourth-order valence-corrected chi connectivity index (χ4v) is 3.14. The lowest BCUT2D eigenvalue weighted by Gasteiger charge is -2.31. The Hall–Kier alpha value is -2.04. The number of tetrazole rings is 1. The first kappa shape index (κ1) is 18.7. The summed E-state index contributed by atoms with van der Waals surface area (Å²) in [6, 6.07) is 4.96. The molecule has 1 aromatic carbocycles. The molecule has 0 radical (unpaired) electrons. The molecule has 1 aliphatic rings. The molecule has 0 bridgehead atoms. The van der Waals surface area contributed by atoms with Crippen molar-refractivity contribution in [1.82, 2.24) is 20.2 Å². The molecular formula is C16H21F3N5O2+. The average molecular weight is 372 g/mol. The number of aromatic nitrogens is 4. The van der Waals surface area contributed by atoms with Crippen LogP contribution in [0.15, 0.2) is 24.3 Å². The Morgan fingerprint density at radius 3 is 2.77 bits per heavy atom. The van der Waals surface area contributed by atoms with E-state index in [0.29, 0.717) is 50.8 Å². The summed E-state index contributed by atoms with van der Waals surface area (Å²) in [6.45, 7) is 3.26. The van der Waals surface area contributed by atoms with Crippen LogP contribution in [0.5, 0.6) is 0 Å². The molecule has 1 atom stereocenters. The zero-order valence-corrected chi connectivity index (χ0v) is 14.4. The molecule has 3 rings (SSSR count). The molecule has 1 N–H and O–H groups in total. The van der Waals surface area contributed by atoms with Gasteiger partial charge in [0.2, 0.25) is 5.82 Å². The van der Waals surface area contributed by atoms with Crippen molar-refractivity contribution in [2.24, 2.45) is 0 Å². The van der Waals surface area contributed by atoms with E-state index in [-0.39, 0.29) is 0 Å². The van der Waals surface area contributed by atoms with Crippen LogP contribution in [0.25, 0.3) is 0 Å². The van der Waals surface area contributed by atoms with E-state index in [1.165, 1.54) is 12.1 Å². The number of ether oxygens (including phenoxy) is 2. The van der Waals surface area contributed by atoms with Crippen LogP contribution in [0.3, 0.4) is 0 Å². The predicted octanol–water partition coefficient (Wildman–Crippen LogP) is 0.343. The zero-order chi connectivity index (χ0) is 18.6. The molecule has 0 unspecified atom stereocenters. The van der Waals surface area contributed by atoms with Gasteiger partial charge < -0.3 is 14.4 Å². The van der Waals surface area contributed by atoms with Crippen molar-refractivity contribution >= 4 is 0 Å². The van der Waals surface area contributed by atoms with Crippen LogP contribution in [0.4, 0.5) is 13.2 Å². The SMILES string of the molecule is COCCn1nnnc1[C@@H](c1cccc(C(F)(F)F)c1)[NH+]1CCOCC1. The number of methoxy groups -OCH3 is 1. The van der Waals surface area contributed by atoms with Gasteiger partial charge in [-0.1, -0.05) is 12.1 Å². The van der Waals surface area contributed by atoms with Gasteiger partial charge in [0.25, 0.3) is 0 Å². The van der Waals surface area contributed by atoms with Crippen molar-refractivity contribution in [2.75, 3.05) is 40.0 Å². The molecule has 2 aromatic rings. The number of hydrogen-bond donors (Lipinski definition) is 1. The Morgan fingerprint density at radius 1 is 1.31 bits per heavy atom. The van der Waals surface area contributed by atoms with Gasteiger partial charge in [-0.25, -0.2) is 4.68 Å². The van der Waals surface area contributed by atoms with Gasteiger partial charge in [0.1, 0.15) is 13.1 Å². The molecule has 1 saturated heterocycles. The molecule has 0 spiro atoms. The summed E-state index contributed by atoms with van der Waals surface area (Å²) in [4.78, 5) is 1.07. The lowest BCUT2D eigenvalue weighted by atomic mass is 10.0. The summed E-state index contributed by atoms with van der Waals surface area (Å²) in [5.74, 6) is 0.526. The molecule has 0 saturated carbocycles. The third kappa shape index (κ3) is 4.19. The second kappa shape index (κ2) is 8.11. The van der Waals surface area contributed by atoms with Gasteiger partial charge >= 0.3 is 6.18 Å². The Morgan fingerprint density at radius 2 is 2.08 bits per heavy atom. The zero-order valence-electron chi connectivity index (χ0n) is 14.4. The van der Waals surface area contributed by atoms with Crippen molar-refractivity contribution < 1.29 is 27.5 Å². The summed E-state index contributed by atoms with van der Waals surface area (Å²) in [7, 11) is 1.57. The first-order valence-corrected chi connectivity index (χ1v) is 8.35. The fraction of sp³-hybridized carbons (Fsp3) is 0.562. The molecule has 7 nitrogen and oxygen atoms in total. The van der Waals surface area contributed by atoms with Gasteiger partial charge in [0.05, 0.1) is 31.9 Å². The number of halogens is 3. The highest BCUT2D eigenvalue weighted by atomic mass is 19.4. The first-order chi connectivity index (χ1) is 12.5. The van der Waals surface area contributed by atoms with E-state index in [1.54, 1.807) is 17.9 Å². The third-order valence-electron chi connectivity index (χ3n) is 4.42.